The lowest BCUT2D eigenvalue weighted by molar-refractivity contribution is 0.0919. The van der Waals surface area contributed by atoms with Crippen LogP contribution in [0.2, 0.25) is 0 Å². The Morgan fingerprint density at radius 2 is 2.05 bits per heavy atom. The van der Waals surface area contributed by atoms with Crippen LogP contribution in [0.25, 0.3) is 0 Å². The van der Waals surface area contributed by atoms with Gasteiger partial charge in [0.2, 0.25) is 0 Å². The Kier molecular flexibility index (Phi) is 5.30. The van der Waals surface area contributed by atoms with Gasteiger partial charge in [0.15, 0.2) is 0 Å². The van der Waals surface area contributed by atoms with Crippen molar-refractivity contribution in [2.24, 2.45) is 5.73 Å². The molecule has 3 N–H and O–H groups in total. The summed E-state index contributed by atoms with van der Waals surface area (Å²) in [5, 5.41) is 2.94. The fourth-order valence-electron chi connectivity index (χ4n) is 1.89. The SMILES string of the molecule is CCC(CC)(NC(=O)c1cccc(OC)c1)C(N)=S. The Balaban J connectivity index is 2.97. The smallest absolute Gasteiger partial charge is 0.252 e. The lowest BCUT2D eigenvalue weighted by Crippen LogP contribution is -2.55. The largest absolute Gasteiger partial charge is 0.497 e. The monoisotopic (exact) mass is 280 g/mol. The molecule has 0 fully saturated rings. The number of rotatable bonds is 6. The minimum atomic E-state index is -0.629. The van der Waals surface area contributed by atoms with Gasteiger partial charge in [-0.2, -0.15) is 0 Å². The molecule has 1 rings (SSSR count). The topological polar surface area (TPSA) is 64.3 Å². The van der Waals surface area contributed by atoms with Crippen LogP contribution in [0, 0.1) is 0 Å². The molecule has 0 aromatic heterocycles. The van der Waals surface area contributed by atoms with E-state index in [4.69, 9.17) is 22.7 Å². The van der Waals surface area contributed by atoms with Gasteiger partial charge in [0.1, 0.15) is 5.75 Å². The number of hydrogen-bond donors (Lipinski definition) is 2. The van der Waals surface area contributed by atoms with Crippen LogP contribution in [-0.2, 0) is 0 Å². The molecule has 104 valence electrons. The van der Waals surface area contributed by atoms with Gasteiger partial charge >= 0.3 is 0 Å². The van der Waals surface area contributed by atoms with Crippen LogP contribution in [0.5, 0.6) is 5.75 Å². The highest BCUT2D eigenvalue weighted by Crippen LogP contribution is 2.18. The molecule has 1 amide bonds. The molecule has 0 heterocycles. The predicted octanol–water partition coefficient (Wildman–Crippen LogP) is 2.27. The summed E-state index contributed by atoms with van der Waals surface area (Å²) in [6, 6.07) is 6.98. The van der Waals surface area contributed by atoms with E-state index in [0.717, 1.165) is 0 Å². The standard InChI is InChI=1S/C14H20N2O2S/c1-4-14(5-2,13(15)19)16-12(17)10-7-6-8-11(9-10)18-3/h6-9H,4-5H2,1-3H3,(H2,15,19)(H,16,17). The van der Waals surface area contributed by atoms with E-state index in [-0.39, 0.29) is 5.91 Å². The van der Waals surface area contributed by atoms with Crippen LogP contribution < -0.4 is 15.8 Å². The maximum Gasteiger partial charge on any atom is 0.252 e. The van der Waals surface area contributed by atoms with E-state index in [2.05, 4.69) is 5.32 Å². The third-order valence-corrected chi connectivity index (χ3v) is 3.75. The van der Waals surface area contributed by atoms with E-state index in [9.17, 15) is 4.79 Å². The summed E-state index contributed by atoms with van der Waals surface area (Å²) in [4.78, 5) is 12.6. The number of benzene rings is 1. The number of methoxy groups -OCH3 is 1. The number of carbonyl (C=O) groups is 1. The summed E-state index contributed by atoms with van der Waals surface area (Å²) in [6.45, 7) is 3.91. The zero-order valence-electron chi connectivity index (χ0n) is 11.5. The molecular weight excluding hydrogens is 260 g/mol. The fourth-order valence-corrected chi connectivity index (χ4v) is 2.23. The van der Waals surface area contributed by atoms with Gasteiger partial charge in [-0.05, 0) is 31.0 Å². The molecule has 5 heteroatoms. The van der Waals surface area contributed by atoms with E-state index in [1.807, 2.05) is 13.8 Å². The second kappa shape index (κ2) is 6.52. The molecule has 0 unspecified atom stereocenters. The maximum absolute atomic E-state index is 12.3. The first-order valence-corrected chi connectivity index (χ1v) is 6.66. The van der Waals surface area contributed by atoms with Crippen molar-refractivity contribution in [3.63, 3.8) is 0 Å². The van der Waals surface area contributed by atoms with Gasteiger partial charge in [-0.1, -0.05) is 32.1 Å². The Morgan fingerprint density at radius 1 is 1.42 bits per heavy atom. The first kappa shape index (κ1) is 15.4. The Hall–Kier alpha value is -1.62. The Labute approximate surface area is 119 Å². The van der Waals surface area contributed by atoms with Crippen LogP contribution in [0.1, 0.15) is 37.0 Å². The molecule has 1 aromatic rings. The first-order chi connectivity index (χ1) is 8.99. The van der Waals surface area contributed by atoms with Gasteiger partial charge in [-0.3, -0.25) is 4.79 Å². The summed E-state index contributed by atoms with van der Waals surface area (Å²) in [5.74, 6) is 0.442. The van der Waals surface area contributed by atoms with Gasteiger partial charge in [-0.25, -0.2) is 0 Å². The van der Waals surface area contributed by atoms with Crippen molar-refractivity contribution < 1.29 is 9.53 Å². The zero-order chi connectivity index (χ0) is 14.5. The Bertz CT molecular complexity index is 470. The van der Waals surface area contributed by atoms with Crippen LogP contribution in [-0.4, -0.2) is 23.5 Å². The zero-order valence-corrected chi connectivity index (χ0v) is 12.3. The summed E-state index contributed by atoms with van der Waals surface area (Å²) in [6.07, 6.45) is 1.32. The summed E-state index contributed by atoms with van der Waals surface area (Å²) in [7, 11) is 1.56. The number of nitrogens with two attached hydrogens (primary N) is 1. The second-order valence-electron chi connectivity index (χ2n) is 4.34. The molecule has 0 aliphatic rings. The number of amides is 1. The molecule has 0 saturated heterocycles. The molecule has 0 bridgehead atoms. The molecule has 4 nitrogen and oxygen atoms in total. The van der Waals surface area contributed by atoms with Gasteiger partial charge in [0.05, 0.1) is 17.6 Å². The van der Waals surface area contributed by atoms with Gasteiger partial charge in [-0.15, -0.1) is 0 Å². The van der Waals surface area contributed by atoms with Crippen molar-refractivity contribution in [2.45, 2.75) is 32.2 Å². The number of nitrogens with one attached hydrogen (secondary N) is 1. The summed E-state index contributed by atoms with van der Waals surface area (Å²) < 4.78 is 5.10. The highest BCUT2D eigenvalue weighted by Gasteiger charge is 2.31. The van der Waals surface area contributed by atoms with Crippen molar-refractivity contribution in [3.05, 3.63) is 29.8 Å². The lowest BCUT2D eigenvalue weighted by atomic mass is 9.92. The second-order valence-corrected chi connectivity index (χ2v) is 4.78. The quantitative estimate of drug-likeness (QED) is 0.785. The first-order valence-electron chi connectivity index (χ1n) is 6.25. The van der Waals surface area contributed by atoms with E-state index in [1.54, 1.807) is 31.4 Å². The normalized spacial score (nSPS) is 10.9. The maximum atomic E-state index is 12.3. The van der Waals surface area contributed by atoms with E-state index >= 15 is 0 Å². The van der Waals surface area contributed by atoms with E-state index in [0.29, 0.717) is 29.1 Å². The summed E-state index contributed by atoms with van der Waals surface area (Å²) in [5.41, 5.74) is 5.67. The number of carbonyl (C=O) groups excluding carboxylic acids is 1. The molecule has 0 saturated carbocycles. The lowest BCUT2D eigenvalue weighted by Gasteiger charge is -2.31. The number of thiocarbonyl (C=S) groups is 1. The molecule has 0 radical (unpaired) electrons. The molecular formula is C14H20N2O2S. The predicted molar refractivity (Wildman–Crippen MR) is 80.6 cm³/mol. The van der Waals surface area contributed by atoms with Crippen molar-refractivity contribution in [1.82, 2.24) is 5.32 Å². The van der Waals surface area contributed by atoms with Crippen molar-refractivity contribution in [3.8, 4) is 5.75 Å². The van der Waals surface area contributed by atoms with Gasteiger partial charge in [0.25, 0.3) is 5.91 Å². The minimum absolute atomic E-state index is 0.199. The van der Waals surface area contributed by atoms with Crippen molar-refractivity contribution in [2.75, 3.05) is 7.11 Å². The van der Waals surface area contributed by atoms with Crippen LogP contribution in [0.4, 0.5) is 0 Å². The molecule has 0 aliphatic carbocycles. The molecule has 0 atom stereocenters. The molecule has 0 spiro atoms. The highest BCUT2D eigenvalue weighted by atomic mass is 32.1. The molecule has 19 heavy (non-hydrogen) atoms. The average Bonchev–Trinajstić information content (AvgIpc) is 2.44. The van der Waals surface area contributed by atoms with Gasteiger partial charge < -0.3 is 15.8 Å². The van der Waals surface area contributed by atoms with E-state index < -0.39 is 5.54 Å². The minimum Gasteiger partial charge on any atom is -0.497 e. The van der Waals surface area contributed by atoms with E-state index in [1.165, 1.54) is 0 Å². The highest BCUT2D eigenvalue weighted by molar-refractivity contribution is 7.80. The van der Waals surface area contributed by atoms with Crippen LogP contribution in [0.3, 0.4) is 0 Å². The molecule has 0 aliphatic heterocycles. The van der Waals surface area contributed by atoms with Crippen LogP contribution in [0.15, 0.2) is 24.3 Å². The van der Waals surface area contributed by atoms with Gasteiger partial charge in [0, 0.05) is 5.56 Å². The Morgan fingerprint density at radius 3 is 2.53 bits per heavy atom. The summed E-state index contributed by atoms with van der Waals surface area (Å²) >= 11 is 5.08. The molecule has 1 aromatic carbocycles. The fraction of sp³-hybridized carbons (Fsp3) is 0.429. The third kappa shape index (κ3) is 3.44. The number of ether oxygens (including phenoxy) is 1. The average molecular weight is 280 g/mol. The van der Waals surface area contributed by atoms with Crippen LogP contribution >= 0.6 is 12.2 Å². The van der Waals surface area contributed by atoms with Crippen molar-refractivity contribution in [1.29, 1.82) is 0 Å². The number of hydrogen-bond acceptors (Lipinski definition) is 3. The third-order valence-electron chi connectivity index (χ3n) is 3.36. The van der Waals surface area contributed by atoms with Crippen molar-refractivity contribution >= 4 is 23.1 Å².